The van der Waals surface area contributed by atoms with E-state index in [0.717, 1.165) is 35.2 Å². The molecule has 5 heteroatoms. The van der Waals surface area contributed by atoms with Crippen molar-refractivity contribution in [2.45, 2.75) is 6.42 Å². The zero-order chi connectivity index (χ0) is 13.9. The number of nitrogens with one attached hydrogen (secondary N) is 1. The number of hydrogen-bond acceptors (Lipinski definition) is 4. The van der Waals surface area contributed by atoms with Crippen LogP contribution in [0.2, 0.25) is 0 Å². The SMILES string of the molecule is Cn1cc(CCNc2ccnc3cc(N)ccc23)cn1. The standard InChI is InChI=1S/C15H17N5/c1-20-10-11(9-19-20)4-6-17-14-5-7-18-15-8-12(16)2-3-13(14)15/h2-3,5,7-10H,4,6,16H2,1H3,(H,17,18). The number of benzene rings is 1. The first-order valence-corrected chi connectivity index (χ1v) is 6.58. The highest BCUT2D eigenvalue weighted by molar-refractivity contribution is 5.92. The Morgan fingerprint density at radius 3 is 3.00 bits per heavy atom. The molecule has 3 N–H and O–H groups in total. The molecule has 0 atom stereocenters. The van der Waals surface area contributed by atoms with Crippen LogP contribution in [0.1, 0.15) is 5.56 Å². The molecule has 0 radical (unpaired) electrons. The van der Waals surface area contributed by atoms with Crippen molar-refractivity contribution in [3.63, 3.8) is 0 Å². The number of rotatable bonds is 4. The molecule has 0 bridgehead atoms. The van der Waals surface area contributed by atoms with E-state index in [0.29, 0.717) is 0 Å². The van der Waals surface area contributed by atoms with Gasteiger partial charge in [0.05, 0.1) is 11.7 Å². The highest BCUT2D eigenvalue weighted by Crippen LogP contribution is 2.23. The summed E-state index contributed by atoms with van der Waals surface area (Å²) in [5.74, 6) is 0. The summed E-state index contributed by atoms with van der Waals surface area (Å²) in [6.45, 7) is 0.856. The summed E-state index contributed by atoms with van der Waals surface area (Å²) < 4.78 is 1.82. The molecule has 2 aromatic heterocycles. The summed E-state index contributed by atoms with van der Waals surface area (Å²) in [6.07, 6.45) is 6.67. The minimum atomic E-state index is 0.734. The summed E-state index contributed by atoms with van der Waals surface area (Å²) in [7, 11) is 1.93. The van der Waals surface area contributed by atoms with Gasteiger partial charge in [0.1, 0.15) is 0 Å². The van der Waals surface area contributed by atoms with Gasteiger partial charge in [0.2, 0.25) is 0 Å². The average molecular weight is 267 g/mol. The van der Waals surface area contributed by atoms with E-state index < -0.39 is 0 Å². The van der Waals surface area contributed by atoms with Crippen LogP contribution in [0.4, 0.5) is 11.4 Å². The number of aryl methyl sites for hydroxylation is 1. The van der Waals surface area contributed by atoms with Gasteiger partial charge in [-0.2, -0.15) is 5.10 Å². The maximum absolute atomic E-state index is 5.78. The molecular weight excluding hydrogens is 250 g/mol. The highest BCUT2D eigenvalue weighted by atomic mass is 15.2. The Labute approximate surface area is 117 Å². The molecule has 3 aromatic rings. The average Bonchev–Trinajstić information content (AvgIpc) is 2.84. The molecule has 20 heavy (non-hydrogen) atoms. The van der Waals surface area contributed by atoms with Crippen LogP contribution in [-0.4, -0.2) is 21.3 Å². The maximum Gasteiger partial charge on any atom is 0.0743 e. The van der Waals surface area contributed by atoms with Gasteiger partial charge in [0.25, 0.3) is 0 Å². The fourth-order valence-corrected chi connectivity index (χ4v) is 2.26. The van der Waals surface area contributed by atoms with E-state index in [1.165, 1.54) is 5.56 Å². The number of nitrogens with two attached hydrogens (primary N) is 1. The highest BCUT2D eigenvalue weighted by Gasteiger charge is 2.02. The van der Waals surface area contributed by atoms with Crippen LogP contribution >= 0.6 is 0 Å². The normalized spacial score (nSPS) is 10.8. The van der Waals surface area contributed by atoms with Crippen LogP contribution in [-0.2, 0) is 13.5 Å². The van der Waals surface area contributed by atoms with Gasteiger partial charge in [-0.1, -0.05) is 0 Å². The first-order chi connectivity index (χ1) is 9.72. The number of nitrogen functional groups attached to an aromatic ring is 1. The van der Waals surface area contributed by atoms with Gasteiger partial charge in [0, 0.05) is 42.7 Å². The topological polar surface area (TPSA) is 68.8 Å². The third-order valence-corrected chi connectivity index (χ3v) is 3.25. The molecule has 0 aliphatic rings. The van der Waals surface area contributed by atoms with Gasteiger partial charge >= 0.3 is 0 Å². The first-order valence-electron chi connectivity index (χ1n) is 6.58. The van der Waals surface area contributed by atoms with Crippen molar-refractivity contribution >= 4 is 22.3 Å². The van der Waals surface area contributed by atoms with Crippen molar-refractivity contribution in [2.75, 3.05) is 17.6 Å². The number of fused-ring (bicyclic) bond motifs is 1. The number of anilines is 2. The lowest BCUT2D eigenvalue weighted by atomic mass is 10.1. The van der Waals surface area contributed by atoms with Crippen molar-refractivity contribution in [2.24, 2.45) is 7.05 Å². The van der Waals surface area contributed by atoms with Gasteiger partial charge in [-0.15, -0.1) is 0 Å². The first kappa shape index (κ1) is 12.5. The summed E-state index contributed by atoms with van der Waals surface area (Å²) in [6, 6.07) is 7.78. The summed E-state index contributed by atoms with van der Waals surface area (Å²) in [5, 5.41) is 8.70. The van der Waals surface area contributed by atoms with E-state index in [-0.39, 0.29) is 0 Å². The van der Waals surface area contributed by atoms with Gasteiger partial charge in [-0.05, 0) is 36.2 Å². The van der Waals surface area contributed by atoms with Crippen molar-refractivity contribution < 1.29 is 0 Å². The molecule has 0 saturated carbocycles. The second-order valence-corrected chi connectivity index (χ2v) is 4.83. The molecule has 102 valence electrons. The number of pyridine rings is 1. The van der Waals surface area contributed by atoms with Crippen molar-refractivity contribution in [3.8, 4) is 0 Å². The zero-order valence-corrected chi connectivity index (χ0v) is 11.4. The van der Waals surface area contributed by atoms with Gasteiger partial charge < -0.3 is 11.1 Å². The van der Waals surface area contributed by atoms with Crippen molar-refractivity contribution in [1.82, 2.24) is 14.8 Å². The molecule has 0 unspecified atom stereocenters. The second-order valence-electron chi connectivity index (χ2n) is 4.83. The van der Waals surface area contributed by atoms with Crippen LogP contribution in [0.15, 0.2) is 42.9 Å². The van der Waals surface area contributed by atoms with Crippen LogP contribution in [0.3, 0.4) is 0 Å². The molecule has 1 aromatic carbocycles. The van der Waals surface area contributed by atoms with Gasteiger partial charge in [-0.3, -0.25) is 9.67 Å². The molecule has 0 spiro atoms. The van der Waals surface area contributed by atoms with E-state index in [1.807, 2.05) is 48.4 Å². The van der Waals surface area contributed by atoms with Gasteiger partial charge in [-0.25, -0.2) is 0 Å². The maximum atomic E-state index is 5.78. The minimum Gasteiger partial charge on any atom is -0.399 e. The van der Waals surface area contributed by atoms with E-state index >= 15 is 0 Å². The zero-order valence-electron chi connectivity index (χ0n) is 11.4. The third-order valence-electron chi connectivity index (χ3n) is 3.25. The van der Waals surface area contributed by atoms with E-state index in [4.69, 9.17) is 5.73 Å². The fourth-order valence-electron chi connectivity index (χ4n) is 2.26. The number of hydrogen-bond donors (Lipinski definition) is 2. The number of nitrogens with zero attached hydrogens (tertiary/aromatic N) is 3. The Morgan fingerprint density at radius 1 is 1.30 bits per heavy atom. The molecule has 0 aliphatic carbocycles. The predicted octanol–water partition coefficient (Wildman–Crippen LogP) is 2.21. The van der Waals surface area contributed by atoms with E-state index in [1.54, 1.807) is 6.20 Å². The van der Waals surface area contributed by atoms with Crippen molar-refractivity contribution in [1.29, 1.82) is 0 Å². The molecule has 5 nitrogen and oxygen atoms in total. The summed E-state index contributed by atoms with van der Waals surface area (Å²) >= 11 is 0. The quantitative estimate of drug-likeness (QED) is 0.711. The Kier molecular flexibility index (Phi) is 3.25. The predicted molar refractivity (Wildman–Crippen MR) is 81.6 cm³/mol. The Morgan fingerprint density at radius 2 is 2.20 bits per heavy atom. The monoisotopic (exact) mass is 267 g/mol. The lowest BCUT2D eigenvalue weighted by Gasteiger charge is -2.09. The molecule has 2 heterocycles. The number of aromatic nitrogens is 3. The lowest BCUT2D eigenvalue weighted by molar-refractivity contribution is 0.767. The largest absolute Gasteiger partial charge is 0.399 e. The Bertz CT molecular complexity index is 732. The van der Waals surface area contributed by atoms with Crippen LogP contribution in [0.5, 0.6) is 0 Å². The molecule has 0 aliphatic heterocycles. The minimum absolute atomic E-state index is 0.734. The van der Waals surface area contributed by atoms with E-state index in [2.05, 4.69) is 15.4 Å². The molecule has 0 fully saturated rings. The molecule has 0 amide bonds. The fraction of sp³-hybridized carbons (Fsp3) is 0.200. The summed E-state index contributed by atoms with van der Waals surface area (Å²) in [5.41, 5.74) is 9.74. The second kappa shape index (κ2) is 5.21. The summed E-state index contributed by atoms with van der Waals surface area (Å²) in [4.78, 5) is 4.34. The van der Waals surface area contributed by atoms with E-state index in [9.17, 15) is 0 Å². The molecular formula is C15H17N5. The molecule has 3 rings (SSSR count). The lowest BCUT2D eigenvalue weighted by Crippen LogP contribution is -2.05. The van der Waals surface area contributed by atoms with Crippen LogP contribution in [0.25, 0.3) is 10.9 Å². The van der Waals surface area contributed by atoms with Crippen LogP contribution < -0.4 is 11.1 Å². The van der Waals surface area contributed by atoms with Crippen molar-refractivity contribution in [3.05, 3.63) is 48.4 Å². The Balaban J connectivity index is 1.74. The Hall–Kier alpha value is -2.56. The smallest absolute Gasteiger partial charge is 0.0743 e. The van der Waals surface area contributed by atoms with Gasteiger partial charge in [0.15, 0.2) is 0 Å². The van der Waals surface area contributed by atoms with Crippen LogP contribution in [0, 0.1) is 0 Å². The third kappa shape index (κ3) is 2.56. The molecule has 0 saturated heterocycles.